The van der Waals surface area contributed by atoms with E-state index in [1.165, 1.54) is 44.5 Å². The fourth-order valence-corrected chi connectivity index (χ4v) is 10.9. The van der Waals surface area contributed by atoms with Crippen LogP contribution < -0.4 is 0 Å². The first-order valence-corrected chi connectivity index (χ1v) is 23.6. The average Bonchev–Trinajstić information content (AvgIpc) is 3.73. The molecule has 1 heterocycles. The van der Waals surface area contributed by atoms with Crippen molar-refractivity contribution in [2.45, 2.75) is 5.41 Å². The minimum absolute atomic E-state index is 0.499. The Morgan fingerprint density at radius 1 is 0.217 bits per heavy atom. The molecule has 0 amide bonds. The fourth-order valence-electron chi connectivity index (χ4n) is 10.9. The van der Waals surface area contributed by atoms with Gasteiger partial charge in [0.05, 0.1) is 5.41 Å². The van der Waals surface area contributed by atoms with Gasteiger partial charge in [-0.25, -0.2) is 15.0 Å². The molecule has 0 N–H and O–H groups in total. The Balaban J connectivity index is 0.996. The Morgan fingerprint density at radius 2 is 0.580 bits per heavy atom. The monoisotopic (exact) mass is 877 g/mol. The molecule has 0 saturated heterocycles. The zero-order valence-electron chi connectivity index (χ0n) is 37.7. The van der Waals surface area contributed by atoms with Crippen molar-refractivity contribution in [2.24, 2.45) is 0 Å². The fraction of sp³-hybridized carbons (Fsp3) is 0.0152. The van der Waals surface area contributed by atoms with Crippen LogP contribution in [0, 0.1) is 0 Å². The summed E-state index contributed by atoms with van der Waals surface area (Å²) in [6.07, 6.45) is 0. The molecule has 0 atom stereocenters. The molecular formula is C66H43N3. The Kier molecular flexibility index (Phi) is 9.73. The molecule has 3 heteroatoms. The maximum Gasteiger partial charge on any atom is 0.164 e. The van der Waals surface area contributed by atoms with E-state index in [-0.39, 0.29) is 0 Å². The Morgan fingerprint density at radius 3 is 1.14 bits per heavy atom. The van der Waals surface area contributed by atoms with Crippen molar-refractivity contribution in [3.63, 3.8) is 0 Å². The number of benzene rings is 11. The highest BCUT2D eigenvalue weighted by atomic mass is 15.0. The van der Waals surface area contributed by atoms with Crippen molar-refractivity contribution in [1.29, 1.82) is 0 Å². The predicted molar refractivity (Wildman–Crippen MR) is 285 cm³/mol. The van der Waals surface area contributed by atoms with Gasteiger partial charge in [0.25, 0.3) is 0 Å². The highest BCUT2D eigenvalue weighted by Gasteiger charge is 2.46. The van der Waals surface area contributed by atoms with Crippen LogP contribution in [0.4, 0.5) is 0 Å². The second-order valence-corrected chi connectivity index (χ2v) is 17.8. The average molecular weight is 878 g/mol. The van der Waals surface area contributed by atoms with E-state index >= 15 is 0 Å². The number of fused-ring (bicyclic) bond motifs is 5. The molecule has 0 aliphatic heterocycles. The lowest BCUT2D eigenvalue weighted by molar-refractivity contribution is 0.769. The lowest BCUT2D eigenvalue weighted by Gasteiger charge is -2.34. The summed E-state index contributed by atoms with van der Waals surface area (Å²) in [5.41, 5.74) is 16.9. The van der Waals surface area contributed by atoms with Crippen molar-refractivity contribution >= 4 is 21.5 Å². The van der Waals surface area contributed by atoms with Gasteiger partial charge in [0, 0.05) is 16.7 Å². The largest absolute Gasteiger partial charge is 0.208 e. The molecule has 12 aromatic rings. The standard InChI is InChI=1S/C66H43N3/c1-5-19-44(20-6-1)45-33-35-47(36-34-45)63-67-64(59-41-39-51(46-21-7-2-8-22-46)53-27-13-15-29-55(53)59)69-65(68-63)60-42-40-52(54-28-14-16-30-56(54)60)48-37-38-58-57-31-17-18-32-61(57)66(62(58)43-48,49-23-9-3-10-24-49)50-25-11-4-12-26-50/h1-43H. The van der Waals surface area contributed by atoms with Crippen LogP contribution in [0.2, 0.25) is 0 Å². The second-order valence-electron chi connectivity index (χ2n) is 17.8. The molecule has 0 bridgehead atoms. The molecular weight excluding hydrogens is 835 g/mol. The normalized spacial score (nSPS) is 12.5. The summed E-state index contributed by atoms with van der Waals surface area (Å²) in [4.78, 5) is 16.0. The van der Waals surface area contributed by atoms with Gasteiger partial charge >= 0.3 is 0 Å². The zero-order valence-corrected chi connectivity index (χ0v) is 37.7. The van der Waals surface area contributed by atoms with Crippen LogP contribution in [0.1, 0.15) is 22.3 Å². The van der Waals surface area contributed by atoms with E-state index < -0.39 is 5.41 Å². The van der Waals surface area contributed by atoms with E-state index in [9.17, 15) is 0 Å². The first-order valence-electron chi connectivity index (χ1n) is 23.6. The van der Waals surface area contributed by atoms with Gasteiger partial charge in [-0.05, 0) is 107 Å². The highest BCUT2D eigenvalue weighted by Crippen LogP contribution is 2.57. The number of rotatable bonds is 8. The molecule has 1 aliphatic rings. The topological polar surface area (TPSA) is 38.7 Å². The first-order chi connectivity index (χ1) is 34.2. The maximum atomic E-state index is 5.40. The molecule has 69 heavy (non-hydrogen) atoms. The quantitative estimate of drug-likeness (QED) is 0.153. The minimum atomic E-state index is -0.499. The van der Waals surface area contributed by atoms with Crippen LogP contribution in [0.25, 0.3) is 100 Å². The number of nitrogens with zero attached hydrogens (tertiary/aromatic N) is 3. The highest BCUT2D eigenvalue weighted by molar-refractivity contribution is 6.06. The molecule has 0 spiro atoms. The molecule has 1 aliphatic carbocycles. The van der Waals surface area contributed by atoms with Gasteiger partial charge < -0.3 is 0 Å². The van der Waals surface area contributed by atoms with Crippen molar-refractivity contribution < 1.29 is 0 Å². The summed E-state index contributed by atoms with van der Waals surface area (Å²) in [6, 6.07) is 93.7. The molecule has 1 aromatic heterocycles. The van der Waals surface area contributed by atoms with Gasteiger partial charge in [-0.2, -0.15) is 0 Å². The van der Waals surface area contributed by atoms with Crippen LogP contribution in [-0.2, 0) is 5.41 Å². The summed E-state index contributed by atoms with van der Waals surface area (Å²) in [5.74, 6) is 1.87. The summed E-state index contributed by atoms with van der Waals surface area (Å²) in [5, 5.41) is 4.43. The third kappa shape index (κ3) is 6.70. The molecule has 11 aromatic carbocycles. The van der Waals surface area contributed by atoms with Crippen molar-refractivity contribution in [2.75, 3.05) is 0 Å². The number of hydrogen-bond acceptors (Lipinski definition) is 3. The molecule has 0 unspecified atom stereocenters. The lowest BCUT2D eigenvalue weighted by Crippen LogP contribution is -2.28. The molecule has 3 nitrogen and oxygen atoms in total. The van der Waals surface area contributed by atoms with Crippen LogP contribution in [0.5, 0.6) is 0 Å². The Hall–Kier alpha value is -9.05. The van der Waals surface area contributed by atoms with E-state index in [0.29, 0.717) is 17.5 Å². The Bertz CT molecular complexity index is 3830. The van der Waals surface area contributed by atoms with Crippen LogP contribution in [0.15, 0.2) is 261 Å². The van der Waals surface area contributed by atoms with E-state index in [1.807, 2.05) is 6.07 Å². The Labute approximate surface area is 401 Å². The molecule has 13 rings (SSSR count). The summed E-state index contributed by atoms with van der Waals surface area (Å²) >= 11 is 0. The number of hydrogen-bond donors (Lipinski definition) is 0. The first kappa shape index (κ1) is 40.2. The van der Waals surface area contributed by atoms with E-state index in [1.54, 1.807) is 0 Å². The summed E-state index contributed by atoms with van der Waals surface area (Å²) < 4.78 is 0. The maximum absolute atomic E-state index is 5.40. The smallest absolute Gasteiger partial charge is 0.164 e. The molecule has 0 fully saturated rings. The van der Waals surface area contributed by atoms with Gasteiger partial charge in [-0.1, -0.05) is 243 Å². The molecule has 0 saturated carbocycles. The molecule has 0 radical (unpaired) electrons. The summed E-state index contributed by atoms with van der Waals surface area (Å²) in [7, 11) is 0. The zero-order chi connectivity index (χ0) is 45.7. The van der Waals surface area contributed by atoms with Gasteiger partial charge in [0.2, 0.25) is 0 Å². The predicted octanol–water partition coefficient (Wildman–Crippen LogP) is 16.5. The van der Waals surface area contributed by atoms with E-state index in [0.717, 1.165) is 60.5 Å². The van der Waals surface area contributed by atoms with Crippen molar-refractivity contribution in [1.82, 2.24) is 15.0 Å². The van der Waals surface area contributed by atoms with Gasteiger partial charge in [0.1, 0.15) is 0 Å². The van der Waals surface area contributed by atoms with Crippen molar-refractivity contribution in [3.05, 3.63) is 283 Å². The minimum Gasteiger partial charge on any atom is -0.208 e. The van der Waals surface area contributed by atoms with Crippen molar-refractivity contribution in [3.8, 4) is 78.7 Å². The summed E-state index contributed by atoms with van der Waals surface area (Å²) in [6.45, 7) is 0. The van der Waals surface area contributed by atoms with Gasteiger partial charge in [0.15, 0.2) is 17.5 Å². The third-order valence-electron chi connectivity index (χ3n) is 14.1. The number of aromatic nitrogens is 3. The van der Waals surface area contributed by atoms with Gasteiger partial charge in [-0.3, -0.25) is 0 Å². The van der Waals surface area contributed by atoms with E-state index in [2.05, 4.69) is 255 Å². The van der Waals surface area contributed by atoms with Crippen LogP contribution in [0.3, 0.4) is 0 Å². The van der Waals surface area contributed by atoms with Crippen LogP contribution >= 0.6 is 0 Å². The van der Waals surface area contributed by atoms with Gasteiger partial charge in [-0.15, -0.1) is 0 Å². The third-order valence-corrected chi connectivity index (χ3v) is 14.1. The van der Waals surface area contributed by atoms with E-state index in [4.69, 9.17) is 15.0 Å². The lowest BCUT2D eigenvalue weighted by atomic mass is 9.67. The van der Waals surface area contributed by atoms with Crippen LogP contribution in [-0.4, -0.2) is 15.0 Å². The molecule has 322 valence electrons. The SMILES string of the molecule is c1ccc(-c2ccc(-c3nc(-c4ccc(-c5ccccc5)c5ccccc45)nc(-c4ccc(-c5ccc6c(c5)C(c5ccccc5)(c5ccccc5)c5ccccc5-6)c5ccccc45)n3)cc2)cc1. The second kappa shape index (κ2) is 16.7.